The minimum atomic E-state index is -0.586. The molecule has 26 heavy (non-hydrogen) atoms. The van der Waals surface area contributed by atoms with E-state index in [1.54, 1.807) is 46.0 Å². The quantitative estimate of drug-likeness (QED) is 0.760. The number of rotatable bonds is 5. The van der Waals surface area contributed by atoms with E-state index in [0.29, 0.717) is 15.7 Å². The maximum atomic E-state index is 14.8. The maximum Gasteiger partial charge on any atom is 0.407 e. The molecule has 0 bridgehead atoms. The Hall–Kier alpha value is -2.22. The monoisotopic (exact) mass is 425 g/mol. The summed E-state index contributed by atoms with van der Waals surface area (Å²) in [5, 5.41) is 2.60. The first-order valence-electron chi connectivity index (χ1n) is 8.07. The van der Waals surface area contributed by atoms with Gasteiger partial charge in [0.25, 0.3) is 0 Å². The average molecular weight is 426 g/mol. The highest BCUT2D eigenvalue weighted by molar-refractivity contribution is 9.10. The van der Waals surface area contributed by atoms with Crippen LogP contribution in [-0.2, 0) is 11.2 Å². The van der Waals surface area contributed by atoms with Crippen molar-refractivity contribution in [2.24, 2.45) is 0 Å². The molecular formula is C18H21BrFN3O3. The zero-order valence-corrected chi connectivity index (χ0v) is 16.7. The number of nitrogens with one attached hydrogen (secondary N) is 1. The maximum absolute atomic E-state index is 14.8. The number of aromatic nitrogens is 2. The second kappa shape index (κ2) is 8.44. The Kier molecular flexibility index (Phi) is 6.52. The molecule has 0 aliphatic rings. The number of benzene rings is 1. The van der Waals surface area contributed by atoms with E-state index in [2.05, 4.69) is 31.2 Å². The van der Waals surface area contributed by atoms with E-state index in [9.17, 15) is 9.18 Å². The Balaban J connectivity index is 2.06. The van der Waals surface area contributed by atoms with Crippen LogP contribution in [0.5, 0.6) is 11.8 Å². The van der Waals surface area contributed by atoms with Gasteiger partial charge in [-0.05, 0) is 52.3 Å². The van der Waals surface area contributed by atoms with Crippen molar-refractivity contribution in [3.05, 3.63) is 45.9 Å². The van der Waals surface area contributed by atoms with Gasteiger partial charge in [-0.1, -0.05) is 15.9 Å². The molecule has 1 heterocycles. The fraction of sp³-hybridized carbons (Fsp3) is 0.389. The van der Waals surface area contributed by atoms with Crippen LogP contribution in [0.15, 0.2) is 28.9 Å². The molecule has 1 aromatic heterocycles. The Morgan fingerprint density at radius 3 is 2.69 bits per heavy atom. The van der Waals surface area contributed by atoms with E-state index >= 15 is 0 Å². The van der Waals surface area contributed by atoms with E-state index in [0.717, 1.165) is 0 Å². The Morgan fingerprint density at radius 1 is 1.31 bits per heavy atom. The summed E-state index contributed by atoms with van der Waals surface area (Å²) in [4.78, 5) is 19.7. The van der Waals surface area contributed by atoms with Gasteiger partial charge in [0.15, 0.2) is 11.6 Å². The number of amides is 1. The minimum Gasteiger partial charge on any atom is -0.444 e. The highest BCUT2D eigenvalue weighted by atomic mass is 79.9. The van der Waals surface area contributed by atoms with E-state index in [-0.39, 0.29) is 24.7 Å². The predicted octanol–water partition coefficient (Wildman–Crippen LogP) is 4.55. The fourth-order valence-electron chi connectivity index (χ4n) is 2.06. The number of nitrogens with zero attached hydrogens (tertiary/aromatic N) is 2. The van der Waals surface area contributed by atoms with Crippen LogP contribution in [0.2, 0.25) is 0 Å². The van der Waals surface area contributed by atoms with Crippen LogP contribution in [0.3, 0.4) is 0 Å². The molecule has 140 valence electrons. The smallest absolute Gasteiger partial charge is 0.407 e. The lowest BCUT2D eigenvalue weighted by Crippen LogP contribution is -2.33. The van der Waals surface area contributed by atoms with E-state index in [1.165, 1.54) is 6.07 Å². The minimum absolute atomic E-state index is 0.0195. The van der Waals surface area contributed by atoms with Crippen LogP contribution >= 0.6 is 15.9 Å². The van der Waals surface area contributed by atoms with E-state index < -0.39 is 17.5 Å². The number of aryl methyl sites for hydroxylation is 1. The summed E-state index contributed by atoms with van der Waals surface area (Å²) in [7, 11) is 0. The molecule has 1 aromatic carbocycles. The van der Waals surface area contributed by atoms with Gasteiger partial charge in [0.1, 0.15) is 5.60 Å². The van der Waals surface area contributed by atoms with Crippen LogP contribution in [0.4, 0.5) is 9.18 Å². The van der Waals surface area contributed by atoms with Gasteiger partial charge in [0.2, 0.25) is 0 Å². The number of ether oxygens (including phenoxy) is 2. The lowest BCUT2D eigenvalue weighted by molar-refractivity contribution is 0.0528. The summed E-state index contributed by atoms with van der Waals surface area (Å²) in [6.07, 6.45) is 1.26. The zero-order chi connectivity index (χ0) is 19.3. The summed E-state index contributed by atoms with van der Waals surface area (Å²) in [5.41, 5.74) is 0.512. The molecule has 8 heteroatoms. The summed E-state index contributed by atoms with van der Waals surface area (Å²) < 4.78 is 25.9. The number of hydrogen-bond acceptors (Lipinski definition) is 5. The van der Waals surface area contributed by atoms with Gasteiger partial charge in [-0.25, -0.2) is 19.2 Å². The van der Waals surface area contributed by atoms with Crippen molar-refractivity contribution in [1.29, 1.82) is 0 Å². The number of carbonyl (C=O) groups excluding carboxylic acids is 1. The molecule has 2 rings (SSSR count). The summed E-state index contributed by atoms with van der Waals surface area (Å²) in [6.45, 7) is 7.33. The SMILES string of the molecule is Cc1ccnc(Oc2ccc(Br)c(CCNC(=O)OC(C)(C)C)c2F)n1. The third-order valence-corrected chi connectivity index (χ3v) is 3.91. The number of hydrogen-bond donors (Lipinski definition) is 1. The van der Waals surface area contributed by atoms with Gasteiger partial charge in [-0.15, -0.1) is 0 Å². The first-order valence-corrected chi connectivity index (χ1v) is 8.86. The van der Waals surface area contributed by atoms with Crippen LogP contribution in [0, 0.1) is 12.7 Å². The molecular weight excluding hydrogens is 405 g/mol. The number of halogens is 2. The Bertz CT molecular complexity index is 794. The van der Waals surface area contributed by atoms with E-state index in [4.69, 9.17) is 9.47 Å². The summed E-state index contributed by atoms with van der Waals surface area (Å²) in [5.74, 6) is -0.512. The van der Waals surface area contributed by atoms with Gasteiger partial charge in [0.05, 0.1) is 0 Å². The molecule has 1 amide bonds. The fourth-order valence-corrected chi connectivity index (χ4v) is 2.57. The molecule has 0 aliphatic carbocycles. The molecule has 6 nitrogen and oxygen atoms in total. The molecule has 0 saturated carbocycles. The zero-order valence-electron chi connectivity index (χ0n) is 15.1. The Labute approximate surface area is 160 Å². The van der Waals surface area contributed by atoms with Crippen LogP contribution < -0.4 is 10.1 Å². The summed E-state index contributed by atoms with van der Waals surface area (Å²) >= 11 is 3.32. The largest absolute Gasteiger partial charge is 0.444 e. The predicted molar refractivity (Wildman–Crippen MR) is 98.9 cm³/mol. The third kappa shape index (κ3) is 5.94. The van der Waals surface area contributed by atoms with Crippen molar-refractivity contribution < 1.29 is 18.7 Å². The first kappa shape index (κ1) is 20.1. The standard InChI is InChI=1S/C18H21BrFN3O3/c1-11-7-9-21-16(23-11)25-14-6-5-13(19)12(15(14)20)8-10-22-17(24)26-18(2,3)4/h5-7,9H,8,10H2,1-4H3,(H,22,24). The van der Waals surface area contributed by atoms with Crippen molar-refractivity contribution in [2.45, 2.75) is 39.7 Å². The highest BCUT2D eigenvalue weighted by Gasteiger charge is 2.18. The van der Waals surface area contributed by atoms with Crippen molar-refractivity contribution in [3.63, 3.8) is 0 Å². The van der Waals surface area contributed by atoms with Crippen molar-refractivity contribution in [3.8, 4) is 11.8 Å². The van der Waals surface area contributed by atoms with E-state index in [1.807, 2.05) is 0 Å². The molecule has 0 aliphatic heterocycles. The molecule has 0 fully saturated rings. The normalized spacial score (nSPS) is 11.2. The first-order chi connectivity index (χ1) is 12.2. The molecule has 2 aromatic rings. The van der Waals surface area contributed by atoms with Gasteiger partial charge < -0.3 is 14.8 Å². The third-order valence-electron chi connectivity index (χ3n) is 3.17. The van der Waals surface area contributed by atoms with Crippen LogP contribution in [0.1, 0.15) is 32.0 Å². The number of alkyl carbamates (subject to hydrolysis) is 1. The van der Waals surface area contributed by atoms with Gasteiger partial charge in [0, 0.05) is 28.5 Å². The van der Waals surface area contributed by atoms with Crippen molar-refractivity contribution >= 4 is 22.0 Å². The van der Waals surface area contributed by atoms with Crippen LogP contribution in [-0.4, -0.2) is 28.2 Å². The second-order valence-electron chi connectivity index (χ2n) is 6.60. The lowest BCUT2D eigenvalue weighted by Gasteiger charge is -2.19. The molecule has 0 saturated heterocycles. The second-order valence-corrected chi connectivity index (χ2v) is 7.45. The van der Waals surface area contributed by atoms with Gasteiger partial charge in [-0.2, -0.15) is 0 Å². The lowest BCUT2D eigenvalue weighted by atomic mass is 10.1. The van der Waals surface area contributed by atoms with Crippen molar-refractivity contribution in [2.75, 3.05) is 6.54 Å². The molecule has 0 unspecified atom stereocenters. The average Bonchev–Trinajstić information content (AvgIpc) is 2.52. The topological polar surface area (TPSA) is 73.3 Å². The van der Waals surface area contributed by atoms with Crippen molar-refractivity contribution in [1.82, 2.24) is 15.3 Å². The molecule has 0 spiro atoms. The molecule has 0 radical (unpaired) electrons. The van der Waals surface area contributed by atoms with Gasteiger partial charge >= 0.3 is 12.1 Å². The number of carbonyl (C=O) groups is 1. The molecule has 1 N–H and O–H groups in total. The van der Waals surface area contributed by atoms with Crippen LogP contribution in [0.25, 0.3) is 0 Å². The molecule has 0 atom stereocenters. The highest BCUT2D eigenvalue weighted by Crippen LogP contribution is 2.30. The van der Waals surface area contributed by atoms with Gasteiger partial charge in [-0.3, -0.25) is 0 Å². The Morgan fingerprint density at radius 2 is 2.04 bits per heavy atom. The summed E-state index contributed by atoms with van der Waals surface area (Å²) in [6, 6.07) is 4.97.